The second-order valence-corrected chi connectivity index (χ2v) is 11.0. The lowest BCUT2D eigenvalue weighted by Crippen LogP contribution is -2.48. The normalized spacial score (nSPS) is 19.0. The van der Waals surface area contributed by atoms with Gasteiger partial charge in [-0.3, -0.25) is 9.69 Å². The van der Waals surface area contributed by atoms with Gasteiger partial charge < -0.3 is 14.5 Å². The highest BCUT2D eigenvalue weighted by Gasteiger charge is 2.37. The Labute approximate surface area is 218 Å². The number of hydrogen-bond donors (Lipinski definition) is 0. The Kier molecular flexibility index (Phi) is 9.30. The number of piperidine rings is 1. The number of para-hydroxylation sites is 1. The molecule has 5 heteroatoms. The predicted molar refractivity (Wildman–Crippen MR) is 149 cm³/mol. The number of fused-ring (bicyclic) bond motifs is 1. The fraction of sp³-hybridized carbons (Fsp3) is 0.581. The summed E-state index contributed by atoms with van der Waals surface area (Å²) in [4.78, 5) is 20.1. The van der Waals surface area contributed by atoms with Crippen LogP contribution in [0.25, 0.3) is 0 Å². The van der Waals surface area contributed by atoms with Crippen LogP contribution in [0.4, 0.5) is 5.69 Å². The molecule has 0 saturated carbocycles. The van der Waals surface area contributed by atoms with E-state index in [1.54, 1.807) is 0 Å². The number of unbranched alkanes of at least 4 members (excludes halogenated alkanes) is 1. The van der Waals surface area contributed by atoms with E-state index in [0.717, 1.165) is 75.6 Å². The van der Waals surface area contributed by atoms with E-state index in [4.69, 9.17) is 4.74 Å². The molecule has 0 bridgehead atoms. The number of likely N-dealkylation sites (tertiary alicyclic amines) is 1. The molecule has 0 unspecified atom stereocenters. The predicted octanol–water partition coefficient (Wildman–Crippen LogP) is 5.88. The minimum atomic E-state index is 0.177. The van der Waals surface area contributed by atoms with Gasteiger partial charge in [0, 0.05) is 51.5 Å². The fourth-order valence-electron chi connectivity index (χ4n) is 5.83. The zero-order valence-electron chi connectivity index (χ0n) is 22.7. The maximum atomic E-state index is 13.3. The summed E-state index contributed by atoms with van der Waals surface area (Å²) < 4.78 is 6.27. The van der Waals surface area contributed by atoms with Gasteiger partial charge in [0.25, 0.3) is 5.91 Å². The third-order valence-corrected chi connectivity index (χ3v) is 8.17. The highest BCUT2D eigenvalue weighted by Crippen LogP contribution is 2.39. The van der Waals surface area contributed by atoms with E-state index in [0.29, 0.717) is 0 Å². The molecule has 2 aliphatic heterocycles. The number of rotatable bonds is 5. The first kappa shape index (κ1) is 26.5. The van der Waals surface area contributed by atoms with Crippen molar-refractivity contribution >= 4 is 11.6 Å². The van der Waals surface area contributed by atoms with Crippen molar-refractivity contribution in [2.75, 3.05) is 58.3 Å². The van der Waals surface area contributed by atoms with Crippen LogP contribution in [0.3, 0.4) is 0 Å². The number of nitrogens with zero attached hydrogens (tertiary/aromatic N) is 3. The van der Waals surface area contributed by atoms with Gasteiger partial charge in [-0.1, -0.05) is 38.0 Å². The van der Waals surface area contributed by atoms with Crippen molar-refractivity contribution < 1.29 is 9.53 Å². The summed E-state index contributed by atoms with van der Waals surface area (Å²) in [5.41, 5.74) is 3.55. The summed E-state index contributed by atoms with van der Waals surface area (Å²) >= 11 is 0. The maximum Gasteiger partial charge on any atom is 0.253 e. The van der Waals surface area contributed by atoms with Gasteiger partial charge >= 0.3 is 0 Å². The Balaban J connectivity index is 1.43. The van der Waals surface area contributed by atoms with E-state index in [1.807, 2.05) is 38.4 Å². The van der Waals surface area contributed by atoms with E-state index in [2.05, 4.69) is 45.9 Å². The quantitative estimate of drug-likeness (QED) is 0.523. The van der Waals surface area contributed by atoms with Crippen LogP contribution in [0.5, 0.6) is 5.75 Å². The van der Waals surface area contributed by atoms with E-state index in [1.165, 1.54) is 37.7 Å². The van der Waals surface area contributed by atoms with E-state index < -0.39 is 0 Å². The molecule has 196 valence electrons. The Morgan fingerprint density at radius 3 is 2.44 bits per heavy atom. The molecular formula is C31H45N3O2. The maximum absolute atomic E-state index is 13.3. The van der Waals surface area contributed by atoms with Gasteiger partial charge in [0.15, 0.2) is 0 Å². The summed E-state index contributed by atoms with van der Waals surface area (Å²) in [5, 5.41) is 0. The van der Waals surface area contributed by atoms with Crippen LogP contribution in [0, 0.1) is 5.41 Å². The van der Waals surface area contributed by atoms with Gasteiger partial charge in [0.2, 0.25) is 0 Å². The molecule has 0 N–H and O–H groups in total. The topological polar surface area (TPSA) is 36.0 Å². The number of carbonyl (C=O) groups excluding carboxylic acids is 1. The molecule has 1 fully saturated rings. The molecule has 2 aliphatic rings. The molecular weight excluding hydrogens is 446 g/mol. The van der Waals surface area contributed by atoms with Gasteiger partial charge in [0.1, 0.15) is 12.4 Å². The van der Waals surface area contributed by atoms with Crippen molar-refractivity contribution in [2.24, 2.45) is 5.41 Å². The lowest BCUT2D eigenvalue weighted by atomic mass is 9.73. The summed E-state index contributed by atoms with van der Waals surface area (Å²) in [6.07, 6.45) is 9.37. The van der Waals surface area contributed by atoms with E-state index in [9.17, 15) is 4.79 Å². The molecule has 1 saturated heterocycles. The molecule has 36 heavy (non-hydrogen) atoms. The SMILES string of the molecule is CCCCN1CCOc2ccccc2CCCCC2(CCN(C(=O)c3ccc(N(C)C)cc3)CC2)C1. The molecule has 1 spiro atoms. The van der Waals surface area contributed by atoms with Gasteiger partial charge in [-0.25, -0.2) is 0 Å². The van der Waals surface area contributed by atoms with Crippen molar-refractivity contribution in [2.45, 2.75) is 58.3 Å². The summed E-state index contributed by atoms with van der Waals surface area (Å²) in [6, 6.07) is 16.6. The molecule has 0 aliphatic carbocycles. The molecule has 0 atom stereocenters. The van der Waals surface area contributed by atoms with Gasteiger partial charge in [0.05, 0.1) is 0 Å². The van der Waals surface area contributed by atoms with Crippen molar-refractivity contribution in [3.8, 4) is 5.75 Å². The van der Waals surface area contributed by atoms with Crippen LogP contribution < -0.4 is 9.64 Å². The van der Waals surface area contributed by atoms with Crippen LogP contribution >= 0.6 is 0 Å². The molecule has 1 amide bonds. The zero-order valence-corrected chi connectivity index (χ0v) is 22.7. The zero-order chi connectivity index (χ0) is 25.4. The molecule has 2 aromatic rings. The number of ether oxygens (including phenoxy) is 1. The van der Waals surface area contributed by atoms with Crippen LogP contribution in [-0.2, 0) is 6.42 Å². The largest absolute Gasteiger partial charge is 0.492 e. The number of benzene rings is 2. The fourth-order valence-corrected chi connectivity index (χ4v) is 5.83. The van der Waals surface area contributed by atoms with Crippen molar-refractivity contribution in [1.82, 2.24) is 9.80 Å². The molecule has 2 aromatic carbocycles. The summed E-state index contributed by atoms with van der Waals surface area (Å²) in [6.45, 7) is 7.95. The Morgan fingerprint density at radius 1 is 0.972 bits per heavy atom. The van der Waals surface area contributed by atoms with Gasteiger partial charge in [-0.05, 0) is 86.4 Å². The average molecular weight is 492 g/mol. The second-order valence-electron chi connectivity index (χ2n) is 11.0. The number of carbonyl (C=O) groups is 1. The number of aryl methyl sites for hydroxylation is 1. The van der Waals surface area contributed by atoms with Crippen LogP contribution in [-0.4, -0.2) is 69.1 Å². The van der Waals surface area contributed by atoms with Crippen LogP contribution in [0.1, 0.15) is 67.8 Å². The molecule has 2 heterocycles. The van der Waals surface area contributed by atoms with E-state index in [-0.39, 0.29) is 11.3 Å². The average Bonchev–Trinajstić information content (AvgIpc) is 2.90. The molecule has 0 aromatic heterocycles. The van der Waals surface area contributed by atoms with Gasteiger partial charge in [-0.2, -0.15) is 0 Å². The third kappa shape index (κ3) is 6.82. The van der Waals surface area contributed by atoms with Crippen LogP contribution in [0.15, 0.2) is 48.5 Å². The standard InChI is InChI=1S/C31H45N3O2/c1-4-5-20-33-23-24-36-29-12-7-6-10-26(29)11-8-9-17-31(25-33)18-21-34(22-19-31)30(35)27-13-15-28(16-14-27)32(2)3/h6-7,10,12-16H,4-5,8-9,11,17-25H2,1-3H3. The summed E-state index contributed by atoms with van der Waals surface area (Å²) in [5.74, 6) is 1.24. The number of amides is 1. The highest BCUT2D eigenvalue weighted by molar-refractivity contribution is 5.94. The van der Waals surface area contributed by atoms with Gasteiger partial charge in [-0.15, -0.1) is 0 Å². The van der Waals surface area contributed by atoms with Crippen LogP contribution in [0.2, 0.25) is 0 Å². The highest BCUT2D eigenvalue weighted by atomic mass is 16.5. The lowest BCUT2D eigenvalue weighted by molar-refractivity contribution is 0.0375. The monoisotopic (exact) mass is 491 g/mol. The minimum absolute atomic E-state index is 0.177. The Bertz CT molecular complexity index is 964. The van der Waals surface area contributed by atoms with Crippen molar-refractivity contribution in [3.63, 3.8) is 0 Å². The van der Waals surface area contributed by atoms with Crippen molar-refractivity contribution in [1.29, 1.82) is 0 Å². The first-order chi connectivity index (χ1) is 17.5. The first-order valence-electron chi connectivity index (χ1n) is 14.0. The summed E-state index contributed by atoms with van der Waals surface area (Å²) in [7, 11) is 4.05. The molecule has 4 rings (SSSR count). The molecule has 5 nitrogen and oxygen atoms in total. The first-order valence-corrected chi connectivity index (χ1v) is 14.0. The smallest absolute Gasteiger partial charge is 0.253 e. The second kappa shape index (κ2) is 12.6. The van der Waals surface area contributed by atoms with E-state index >= 15 is 0 Å². The Morgan fingerprint density at radius 2 is 1.72 bits per heavy atom. The minimum Gasteiger partial charge on any atom is -0.492 e. The lowest BCUT2D eigenvalue weighted by Gasteiger charge is -2.45. The third-order valence-electron chi connectivity index (χ3n) is 8.17. The van der Waals surface area contributed by atoms with Crippen molar-refractivity contribution in [3.05, 3.63) is 59.7 Å². The molecule has 0 radical (unpaired) electrons. The number of hydrogen-bond acceptors (Lipinski definition) is 4. The number of anilines is 1. The Hall–Kier alpha value is -2.53.